The first-order chi connectivity index (χ1) is 16.0. The smallest absolute Gasteiger partial charge is 0.348 e. The van der Waals surface area contributed by atoms with Crippen molar-refractivity contribution in [3.8, 4) is 10.6 Å². The van der Waals surface area contributed by atoms with Crippen molar-refractivity contribution in [3.05, 3.63) is 64.8 Å². The van der Waals surface area contributed by atoms with E-state index in [1.165, 1.54) is 46.6 Å². The number of amides is 1. The van der Waals surface area contributed by atoms with Crippen LogP contribution < -0.4 is 5.32 Å². The van der Waals surface area contributed by atoms with Gasteiger partial charge in [-0.15, -0.1) is 34.4 Å². The zero-order valence-corrected chi connectivity index (χ0v) is 20.5. The van der Waals surface area contributed by atoms with Crippen molar-refractivity contribution in [2.75, 3.05) is 17.7 Å². The lowest BCUT2D eigenvalue weighted by Crippen LogP contribution is -2.11. The molecule has 5 nitrogen and oxygen atoms in total. The van der Waals surface area contributed by atoms with E-state index in [0.29, 0.717) is 15.6 Å². The molecule has 4 rings (SSSR count). The molecule has 0 atom stereocenters. The Labute approximate surface area is 203 Å². The Hall–Kier alpha value is -2.75. The van der Waals surface area contributed by atoms with Crippen molar-refractivity contribution < 1.29 is 18.7 Å². The van der Waals surface area contributed by atoms with Crippen molar-refractivity contribution in [2.45, 2.75) is 25.2 Å². The monoisotopic (exact) mass is 500 g/mol. The number of esters is 1. The van der Waals surface area contributed by atoms with Gasteiger partial charge in [-0.3, -0.25) is 4.79 Å². The van der Waals surface area contributed by atoms with E-state index < -0.39 is 5.97 Å². The third kappa shape index (κ3) is 5.43. The zero-order chi connectivity index (χ0) is 23.4. The fourth-order valence-electron chi connectivity index (χ4n) is 3.21. The van der Waals surface area contributed by atoms with Gasteiger partial charge in [0, 0.05) is 22.6 Å². The van der Waals surface area contributed by atoms with E-state index in [1.807, 2.05) is 31.2 Å². The maximum absolute atomic E-state index is 13.1. The molecule has 0 saturated carbocycles. The number of hydrogen-bond donors (Lipinski definition) is 1. The SMILES string of the molecule is CCOC(=O)c1sc(NC(=O)CCSc2ccc(F)cc2)c(-c2nc3ccccc3s2)c1C. The second-order valence-corrected chi connectivity index (χ2v) is 10.3. The lowest BCUT2D eigenvalue weighted by Gasteiger charge is -2.06. The van der Waals surface area contributed by atoms with Crippen LogP contribution in [0.5, 0.6) is 0 Å². The molecule has 4 aromatic rings. The molecule has 33 heavy (non-hydrogen) atoms. The van der Waals surface area contributed by atoms with Crippen LogP contribution in [0.2, 0.25) is 0 Å². The number of hydrogen-bond acceptors (Lipinski definition) is 7. The predicted molar refractivity (Wildman–Crippen MR) is 134 cm³/mol. The molecular formula is C24H21FN2O3S3. The molecule has 9 heteroatoms. The third-order valence-electron chi connectivity index (χ3n) is 4.78. The number of halogens is 1. The number of thiophene rings is 1. The van der Waals surface area contributed by atoms with E-state index in [2.05, 4.69) is 5.32 Å². The van der Waals surface area contributed by atoms with E-state index in [9.17, 15) is 14.0 Å². The van der Waals surface area contributed by atoms with Gasteiger partial charge in [0.05, 0.1) is 16.8 Å². The molecule has 0 radical (unpaired) electrons. The van der Waals surface area contributed by atoms with Gasteiger partial charge in [-0.1, -0.05) is 12.1 Å². The Bertz CT molecular complexity index is 1270. The first-order valence-corrected chi connectivity index (χ1v) is 12.9. The maximum atomic E-state index is 13.1. The quantitative estimate of drug-likeness (QED) is 0.214. The topological polar surface area (TPSA) is 68.3 Å². The fourth-order valence-corrected chi connectivity index (χ4v) is 6.32. The molecule has 0 saturated heterocycles. The fraction of sp³-hybridized carbons (Fsp3) is 0.208. The van der Waals surface area contributed by atoms with Gasteiger partial charge < -0.3 is 10.1 Å². The van der Waals surface area contributed by atoms with E-state index in [4.69, 9.17) is 9.72 Å². The molecule has 2 aromatic carbocycles. The minimum absolute atomic E-state index is 0.163. The van der Waals surface area contributed by atoms with Crippen LogP contribution in [-0.2, 0) is 9.53 Å². The second-order valence-electron chi connectivity index (χ2n) is 7.07. The predicted octanol–water partition coefficient (Wildman–Crippen LogP) is 6.77. The molecule has 2 heterocycles. The number of aromatic nitrogens is 1. The number of nitrogens with zero attached hydrogens (tertiary/aromatic N) is 1. The highest BCUT2D eigenvalue weighted by Crippen LogP contribution is 2.43. The van der Waals surface area contributed by atoms with Gasteiger partial charge in [0.1, 0.15) is 20.7 Å². The molecule has 1 amide bonds. The minimum Gasteiger partial charge on any atom is -0.462 e. The third-order valence-corrected chi connectivity index (χ3v) is 8.03. The number of thiazole rings is 1. The summed E-state index contributed by atoms with van der Waals surface area (Å²) in [4.78, 5) is 31.3. The average molecular weight is 501 g/mol. The summed E-state index contributed by atoms with van der Waals surface area (Å²) >= 11 is 4.21. The van der Waals surface area contributed by atoms with Gasteiger partial charge in [-0.2, -0.15) is 0 Å². The summed E-state index contributed by atoms with van der Waals surface area (Å²) in [7, 11) is 0. The summed E-state index contributed by atoms with van der Waals surface area (Å²) < 4.78 is 19.3. The number of ether oxygens (including phenoxy) is 1. The van der Waals surface area contributed by atoms with Crippen molar-refractivity contribution in [1.82, 2.24) is 4.98 Å². The Morgan fingerprint density at radius 2 is 1.88 bits per heavy atom. The van der Waals surface area contributed by atoms with Crippen molar-refractivity contribution in [1.29, 1.82) is 0 Å². The molecule has 0 unspecified atom stereocenters. The molecule has 0 aliphatic carbocycles. The number of benzene rings is 2. The second kappa shape index (κ2) is 10.5. The normalized spacial score (nSPS) is 11.0. The van der Waals surface area contributed by atoms with E-state index in [1.54, 1.807) is 19.1 Å². The molecule has 0 spiro atoms. The van der Waals surface area contributed by atoms with Crippen molar-refractivity contribution in [2.24, 2.45) is 0 Å². The van der Waals surface area contributed by atoms with E-state index in [0.717, 1.165) is 31.2 Å². The first kappa shape index (κ1) is 23.4. The molecule has 0 aliphatic rings. The maximum Gasteiger partial charge on any atom is 0.348 e. The average Bonchev–Trinajstić information content (AvgIpc) is 3.35. The largest absolute Gasteiger partial charge is 0.462 e. The van der Waals surface area contributed by atoms with Crippen molar-refractivity contribution >= 4 is 61.5 Å². The molecule has 2 aromatic heterocycles. The molecule has 0 fully saturated rings. The van der Waals surface area contributed by atoms with Gasteiger partial charge in [-0.25, -0.2) is 14.2 Å². The Morgan fingerprint density at radius 3 is 2.61 bits per heavy atom. The van der Waals surface area contributed by atoms with Gasteiger partial charge >= 0.3 is 5.97 Å². The van der Waals surface area contributed by atoms with Crippen molar-refractivity contribution in [3.63, 3.8) is 0 Å². The van der Waals surface area contributed by atoms with Crippen LogP contribution in [0.4, 0.5) is 9.39 Å². The number of fused-ring (bicyclic) bond motifs is 1. The summed E-state index contributed by atoms with van der Waals surface area (Å²) in [6, 6.07) is 14.0. The van der Waals surface area contributed by atoms with Crippen LogP contribution in [0.25, 0.3) is 20.8 Å². The summed E-state index contributed by atoms with van der Waals surface area (Å²) in [5, 5.41) is 4.31. The summed E-state index contributed by atoms with van der Waals surface area (Å²) in [6.07, 6.45) is 0.271. The van der Waals surface area contributed by atoms with Crippen LogP contribution in [0.1, 0.15) is 28.6 Å². The molecule has 1 N–H and O–H groups in total. The number of carbonyl (C=O) groups excluding carboxylic acids is 2. The van der Waals surface area contributed by atoms with Gasteiger partial charge in [0.2, 0.25) is 5.91 Å². The number of rotatable bonds is 8. The minimum atomic E-state index is -0.408. The van der Waals surface area contributed by atoms with E-state index in [-0.39, 0.29) is 24.8 Å². The van der Waals surface area contributed by atoms with Gasteiger partial charge in [0.15, 0.2) is 0 Å². The Balaban J connectivity index is 1.56. The lowest BCUT2D eigenvalue weighted by molar-refractivity contribution is -0.115. The van der Waals surface area contributed by atoms with Crippen LogP contribution in [0.15, 0.2) is 53.4 Å². The Morgan fingerprint density at radius 1 is 1.12 bits per heavy atom. The van der Waals surface area contributed by atoms with Crippen LogP contribution in [0, 0.1) is 12.7 Å². The lowest BCUT2D eigenvalue weighted by atomic mass is 10.1. The molecular weight excluding hydrogens is 479 g/mol. The molecule has 0 aliphatic heterocycles. The number of para-hydroxylation sites is 1. The summed E-state index contributed by atoms with van der Waals surface area (Å²) in [6.45, 7) is 3.88. The highest BCUT2D eigenvalue weighted by molar-refractivity contribution is 7.99. The Kier molecular flexibility index (Phi) is 7.42. The first-order valence-electron chi connectivity index (χ1n) is 10.3. The highest BCUT2D eigenvalue weighted by atomic mass is 32.2. The van der Waals surface area contributed by atoms with Gasteiger partial charge in [-0.05, 0) is 55.8 Å². The standard InChI is InChI=1S/C24H21FN2O3S3/c1-3-30-24(29)21-14(2)20(22-26-17-6-4-5-7-18(17)32-22)23(33-21)27-19(28)12-13-31-16-10-8-15(25)9-11-16/h4-11H,3,12-13H2,1-2H3,(H,27,28). The highest BCUT2D eigenvalue weighted by Gasteiger charge is 2.25. The number of nitrogens with one attached hydrogen (secondary N) is 1. The number of thioether (sulfide) groups is 1. The van der Waals surface area contributed by atoms with Crippen LogP contribution >= 0.6 is 34.4 Å². The molecule has 0 bridgehead atoms. The summed E-state index contributed by atoms with van der Waals surface area (Å²) in [5.41, 5.74) is 2.37. The molecule has 170 valence electrons. The number of anilines is 1. The van der Waals surface area contributed by atoms with Crippen LogP contribution in [-0.4, -0.2) is 29.2 Å². The van der Waals surface area contributed by atoms with E-state index >= 15 is 0 Å². The van der Waals surface area contributed by atoms with Gasteiger partial charge in [0.25, 0.3) is 0 Å². The van der Waals surface area contributed by atoms with Crippen LogP contribution in [0.3, 0.4) is 0 Å². The summed E-state index contributed by atoms with van der Waals surface area (Å²) in [5.74, 6) is -0.313. The number of carbonyl (C=O) groups is 2. The zero-order valence-electron chi connectivity index (χ0n) is 18.0.